The van der Waals surface area contributed by atoms with Gasteiger partial charge in [0.15, 0.2) is 0 Å². The Labute approximate surface area is 64.3 Å². The summed E-state index contributed by atoms with van der Waals surface area (Å²) < 4.78 is 0. The molecule has 0 radical (unpaired) electrons. The Kier molecular flexibility index (Phi) is 1.66. The first-order valence-electron chi connectivity index (χ1n) is 4.22. The van der Waals surface area contributed by atoms with Crippen molar-refractivity contribution in [2.24, 2.45) is 11.3 Å². The molecule has 0 bridgehead atoms. The second-order valence-electron chi connectivity index (χ2n) is 3.95. The lowest BCUT2D eigenvalue weighted by Crippen LogP contribution is -2.35. The van der Waals surface area contributed by atoms with Crippen LogP contribution in [0.2, 0.25) is 0 Å². The molecule has 0 aromatic rings. The lowest BCUT2D eigenvalue weighted by atomic mass is 9.59. The van der Waals surface area contributed by atoms with E-state index in [4.69, 9.17) is 0 Å². The van der Waals surface area contributed by atoms with E-state index in [1.165, 1.54) is 6.42 Å². The first-order chi connectivity index (χ1) is 4.51. The SMILES string of the molecule is CCC1=C(C)C(C)(C)C1C. The third-order valence-electron chi connectivity index (χ3n) is 3.43. The predicted molar refractivity (Wildman–Crippen MR) is 45.9 cm³/mol. The standard InChI is InChI=1S/C10H18/c1-6-9-7(2)10(4,5)8(9)3/h7H,6H2,1-5H3. The van der Waals surface area contributed by atoms with Crippen molar-refractivity contribution in [1.29, 1.82) is 0 Å². The molecule has 0 saturated heterocycles. The number of rotatable bonds is 1. The molecule has 1 atom stereocenters. The minimum atomic E-state index is 0.491. The Morgan fingerprint density at radius 3 is 2.10 bits per heavy atom. The van der Waals surface area contributed by atoms with E-state index in [9.17, 15) is 0 Å². The summed E-state index contributed by atoms with van der Waals surface area (Å²) >= 11 is 0. The first-order valence-corrected chi connectivity index (χ1v) is 4.22. The molecule has 10 heavy (non-hydrogen) atoms. The Morgan fingerprint density at radius 2 is 1.90 bits per heavy atom. The van der Waals surface area contributed by atoms with Gasteiger partial charge in [-0.1, -0.05) is 38.8 Å². The van der Waals surface area contributed by atoms with Gasteiger partial charge in [0.1, 0.15) is 0 Å². The molecule has 0 aliphatic heterocycles. The van der Waals surface area contributed by atoms with E-state index in [2.05, 4.69) is 34.6 Å². The molecule has 1 aliphatic rings. The molecule has 0 aromatic carbocycles. The Hall–Kier alpha value is -0.260. The van der Waals surface area contributed by atoms with E-state index in [0.29, 0.717) is 5.41 Å². The maximum absolute atomic E-state index is 2.34. The van der Waals surface area contributed by atoms with Gasteiger partial charge >= 0.3 is 0 Å². The third kappa shape index (κ3) is 0.744. The largest absolute Gasteiger partial charge is 0.0676 e. The molecular formula is C10H18. The number of allylic oxidation sites excluding steroid dienone is 2. The molecule has 1 rings (SSSR count). The topological polar surface area (TPSA) is 0 Å². The van der Waals surface area contributed by atoms with E-state index in [-0.39, 0.29) is 0 Å². The maximum Gasteiger partial charge on any atom is -0.00818 e. The summed E-state index contributed by atoms with van der Waals surface area (Å²) in [4.78, 5) is 0. The van der Waals surface area contributed by atoms with Gasteiger partial charge < -0.3 is 0 Å². The van der Waals surface area contributed by atoms with Crippen LogP contribution in [0.1, 0.15) is 41.0 Å². The van der Waals surface area contributed by atoms with Crippen LogP contribution in [-0.2, 0) is 0 Å². The van der Waals surface area contributed by atoms with Crippen molar-refractivity contribution in [3.63, 3.8) is 0 Å². The summed E-state index contributed by atoms with van der Waals surface area (Å²) in [5, 5.41) is 0. The van der Waals surface area contributed by atoms with Gasteiger partial charge in [0.2, 0.25) is 0 Å². The zero-order valence-electron chi connectivity index (χ0n) is 7.78. The monoisotopic (exact) mass is 138 g/mol. The van der Waals surface area contributed by atoms with Gasteiger partial charge in [-0.05, 0) is 24.7 Å². The summed E-state index contributed by atoms with van der Waals surface area (Å²) in [6.45, 7) is 11.5. The predicted octanol–water partition coefficient (Wildman–Crippen LogP) is 3.39. The molecule has 1 aliphatic carbocycles. The molecule has 0 nitrogen and oxygen atoms in total. The van der Waals surface area contributed by atoms with E-state index in [0.717, 1.165) is 5.92 Å². The van der Waals surface area contributed by atoms with Gasteiger partial charge in [-0.15, -0.1) is 0 Å². The third-order valence-corrected chi connectivity index (χ3v) is 3.43. The highest BCUT2D eigenvalue weighted by Gasteiger charge is 2.39. The first kappa shape index (κ1) is 7.84. The lowest BCUT2D eigenvalue weighted by molar-refractivity contribution is 0.258. The Bertz CT molecular complexity index is 172. The van der Waals surface area contributed by atoms with Gasteiger partial charge in [-0.25, -0.2) is 0 Å². The summed E-state index contributed by atoms with van der Waals surface area (Å²) in [7, 11) is 0. The van der Waals surface area contributed by atoms with Crippen LogP contribution >= 0.6 is 0 Å². The van der Waals surface area contributed by atoms with Crippen molar-refractivity contribution in [2.75, 3.05) is 0 Å². The molecule has 0 heteroatoms. The van der Waals surface area contributed by atoms with Gasteiger partial charge in [0.25, 0.3) is 0 Å². The molecule has 1 unspecified atom stereocenters. The fraction of sp³-hybridized carbons (Fsp3) is 0.800. The maximum atomic E-state index is 2.34. The molecule has 0 saturated carbocycles. The van der Waals surface area contributed by atoms with E-state index < -0.39 is 0 Å². The molecule has 0 fully saturated rings. The van der Waals surface area contributed by atoms with Gasteiger partial charge in [0.05, 0.1) is 0 Å². The molecule has 0 amide bonds. The fourth-order valence-corrected chi connectivity index (χ4v) is 1.99. The molecular weight excluding hydrogens is 120 g/mol. The van der Waals surface area contributed by atoms with Crippen LogP contribution in [0.15, 0.2) is 11.1 Å². The van der Waals surface area contributed by atoms with Crippen LogP contribution in [0, 0.1) is 11.3 Å². The Balaban J connectivity index is 2.88. The summed E-state index contributed by atoms with van der Waals surface area (Å²) in [5.41, 5.74) is 3.80. The van der Waals surface area contributed by atoms with Crippen molar-refractivity contribution in [2.45, 2.75) is 41.0 Å². The minimum absolute atomic E-state index is 0.491. The highest BCUT2D eigenvalue weighted by atomic mass is 14.4. The second kappa shape index (κ2) is 2.11. The molecule has 0 spiro atoms. The van der Waals surface area contributed by atoms with Crippen LogP contribution < -0.4 is 0 Å². The number of hydrogen-bond donors (Lipinski definition) is 0. The fourth-order valence-electron chi connectivity index (χ4n) is 1.99. The lowest BCUT2D eigenvalue weighted by Gasteiger charge is -2.46. The average molecular weight is 138 g/mol. The Morgan fingerprint density at radius 1 is 1.40 bits per heavy atom. The van der Waals surface area contributed by atoms with Gasteiger partial charge in [0, 0.05) is 0 Å². The zero-order valence-corrected chi connectivity index (χ0v) is 7.78. The highest BCUT2D eigenvalue weighted by molar-refractivity contribution is 5.34. The minimum Gasteiger partial charge on any atom is -0.0676 e. The smallest absolute Gasteiger partial charge is 0.00818 e. The van der Waals surface area contributed by atoms with Crippen molar-refractivity contribution in [1.82, 2.24) is 0 Å². The molecule has 0 heterocycles. The van der Waals surface area contributed by atoms with E-state index in [1.54, 1.807) is 11.1 Å². The van der Waals surface area contributed by atoms with Crippen molar-refractivity contribution in [3.05, 3.63) is 11.1 Å². The average Bonchev–Trinajstić information content (AvgIpc) is 1.89. The van der Waals surface area contributed by atoms with Crippen LogP contribution in [0.25, 0.3) is 0 Å². The van der Waals surface area contributed by atoms with Crippen LogP contribution in [0.3, 0.4) is 0 Å². The molecule has 0 N–H and O–H groups in total. The molecule has 58 valence electrons. The summed E-state index contributed by atoms with van der Waals surface area (Å²) in [6, 6.07) is 0. The van der Waals surface area contributed by atoms with Crippen molar-refractivity contribution in [3.8, 4) is 0 Å². The summed E-state index contributed by atoms with van der Waals surface area (Å²) in [5.74, 6) is 0.817. The van der Waals surface area contributed by atoms with E-state index in [1.807, 2.05) is 0 Å². The van der Waals surface area contributed by atoms with Crippen LogP contribution in [0.4, 0.5) is 0 Å². The normalized spacial score (nSPS) is 30.3. The van der Waals surface area contributed by atoms with Gasteiger partial charge in [-0.3, -0.25) is 0 Å². The summed E-state index contributed by atoms with van der Waals surface area (Å²) in [6.07, 6.45) is 1.25. The van der Waals surface area contributed by atoms with Crippen molar-refractivity contribution >= 4 is 0 Å². The van der Waals surface area contributed by atoms with Crippen LogP contribution in [0.5, 0.6) is 0 Å². The van der Waals surface area contributed by atoms with E-state index >= 15 is 0 Å². The molecule has 0 aromatic heterocycles. The van der Waals surface area contributed by atoms with Gasteiger partial charge in [-0.2, -0.15) is 0 Å². The second-order valence-corrected chi connectivity index (χ2v) is 3.95. The zero-order chi connectivity index (χ0) is 7.94. The highest BCUT2D eigenvalue weighted by Crippen LogP contribution is 2.51. The number of hydrogen-bond acceptors (Lipinski definition) is 0. The quantitative estimate of drug-likeness (QED) is 0.487. The van der Waals surface area contributed by atoms with Crippen LogP contribution in [-0.4, -0.2) is 0 Å². The van der Waals surface area contributed by atoms with Crippen molar-refractivity contribution < 1.29 is 0 Å².